The standard InChI is InChI=1S/C21H26N2O3S/c1-10-12(3)27-19-16(10)18(24)22-17(23-19)11(2)26-20(25)21-7-13-4-14(8-21)6-15(5-13)9-21/h11,13-15H,4-9H2,1-3H3,(H,22,23,24)/t11-,13?,14?,15?,21?/m0/s1. The molecule has 2 aromatic rings. The highest BCUT2D eigenvalue weighted by Gasteiger charge is 2.55. The smallest absolute Gasteiger partial charge is 0.312 e. The second kappa shape index (κ2) is 5.90. The number of aromatic nitrogens is 2. The van der Waals surface area contributed by atoms with Crippen molar-refractivity contribution in [2.45, 2.75) is 65.4 Å². The number of aromatic amines is 1. The second-order valence-corrected chi connectivity index (χ2v) is 10.4. The van der Waals surface area contributed by atoms with E-state index in [-0.39, 0.29) is 16.9 Å². The third-order valence-electron chi connectivity index (χ3n) is 7.20. The lowest BCUT2D eigenvalue weighted by Crippen LogP contribution is -2.50. The fourth-order valence-electron chi connectivity index (χ4n) is 6.17. The largest absolute Gasteiger partial charge is 0.454 e. The van der Waals surface area contributed by atoms with Gasteiger partial charge in [-0.2, -0.15) is 0 Å². The molecule has 2 aromatic heterocycles. The van der Waals surface area contributed by atoms with Crippen molar-refractivity contribution in [1.29, 1.82) is 0 Å². The molecule has 0 amide bonds. The van der Waals surface area contributed by atoms with Gasteiger partial charge in [0, 0.05) is 4.88 Å². The lowest BCUT2D eigenvalue weighted by molar-refractivity contribution is -0.177. The molecule has 4 fully saturated rings. The third kappa shape index (κ3) is 2.67. The molecule has 0 unspecified atom stereocenters. The Morgan fingerprint density at radius 1 is 1.19 bits per heavy atom. The van der Waals surface area contributed by atoms with Crippen LogP contribution in [0.2, 0.25) is 0 Å². The summed E-state index contributed by atoms with van der Waals surface area (Å²) < 4.78 is 5.90. The maximum Gasteiger partial charge on any atom is 0.312 e. The Bertz CT molecular complexity index is 954. The number of thiophene rings is 1. The molecule has 6 heteroatoms. The van der Waals surface area contributed by atoms with Gasteiger partial charge < -0.3 is 9.72 Å². The van der Waals surface area contributed by atoms with Crippen LogP contribution in [0.1, 0.15) is 67.8 Å². The van der Waals surface area contributed by atoms with E-state index in [9.17, 15) is 9.59 Å². The number of nitrogens with one attached hydrogen (secondary N) is 1. The maximum absolute atomic E-state index is 13.1. The van der Waals surface area contributed by atoms with Crippen LogP contribution < -0.4 is 5.56 Å². The summed E-state index contributed by atoms with van der Waals surface area (Å²) in [6.45, 7) is 5.76. The number of carbonyl (C=O) groups excluding carboxylic acids is 1. The molecule has 0 aliphatic heterocycles. The zero-order chi connectivity index (χ0) is 18.9. The fraction of sp³-hybridized carbons (Fsp3) is 0.667. The molecule has 1 atom stereocenters. The number of ether oxygens (including phenoxy) is 1. The topological polar surface area (TPSA) is 72.0 Å². The average molecular weight is 387 g/mol. The van der Waals surface area contributed by atoms with Crippen LogP contribution in [0.15, 0.2) is 4.79 Å². The molecule has 2 heterocycles. The van der Waals surface area contributed by atoms with Gasteiger partial charge in [-0.1, -0.05) is 0 Å². The SMILES string of the molecule is Cc1sc2nc([C@H](C)OC(=O)C34CC5CC(CC(C5)C3)C4)[nH]c(=O)c2c1C. The summed E-state index contributed by atoms with van der Waals surface area (Å²) in [5.74, 6) is 2.48. The molecule has 5 nitrogen and oxygen atoms in total. The molecular weight excluding hydrogens is 360 g/mol. The Morgan fingerprint density at radius 2 is 1.78 bits per heavy atom. The van der Waals surface area contributed by atoms with Gasteiger partial charge in [-0.25, -0.2) is 4.98 Å². The van der Waals surface area contributed by atoms with Crippen molar-refractivity contribution < 1.29 is 9.53 Å². The highest BCUT2D eigenvalue weighted by molar-refractivity contribution is 7.18. The van der Waals surface area contributed by atoms with Crippen LogP contribution in [0, 0.1) is 37.0 Å². The summed E-state index contributed by atoms with van der Waals surface area (Å²) in [4.78, 5) is 34.9. The summed E-state index contributed by atoms with van der Waals surface area (Å²) in [5.41, 5.74) is 0.548. The zero-order valence-electron chi connectivity index (χ0n) is 16.1. The van der Waals surface area contributed by atoms with E-state index in [2.05, 4.69) is 9.97 Å². The van der Waals surface area contributed by atoms with Gasteiger partial charge in [0.25, 0.3) is 5.56 Å². The van der Waals surface area contributed by atoms with E-state index in [1.165, 1.54) is 30.6 Å². The third-order valence-corrected chi connectivity index (χ3v) is 8.30. The Balaban J connectivity index is 1.40. The number of rotatable bonds is 3. The summed E-state index contributed by atoms with van der Waals surface area (Å²) in [6.07, 6.45) is 6.30. The fourth-order valence-corrected chi connectivity index (χ4v) is 7.20. The number of nitrogens with zero attached hydrogens (tertiary/aromatic N) is 1. The Hall–Kier alpha value is -1.69. The Morgan fingerprint density at radius 3 is 2.37 bits per heavy atom. The number of aryl methyl sites for hydroxylation is 2. The summed E-state index contributed by atoms with van der Waals surface area (Å²) in [6, 6.07) is 0. The first-order chi connectivity index (χ1) is 12.8. The first-order valence-corrected chi connectivity index (χ1v) is 10.9. The Labute approximate surface area is 162 Å². The van der Waals surface area contributed by atoms with Crippen molar-refractivity contribution in [3.05, 3.63) is 26.6 Å². The van der Waals surface area contributed by atoms with E-state index in [1.54, 1.807) is 0 Å². The lowest BCUT2D eigenvalue weighted by atomic mass is 9.49. The van der Waals surface area contributed by atoms with Gasteiger partial charge in [0.15, 0.2) is 11.9 Å². The van der Waals surface area contributed by atoms with Crippen LogP contribution in [-0.2, 0) is 9.53 Å². The molecule has 144 valence electrons. The monoisotopic (exact) mass is 386 g/mol. The van der Waals surface area contributed by atoms with Crippen molar-refractivity contribution in [2.24, 2.45) is 23.2 Å². The molecular formula is C21H26N2O3S. The molecule has 4 saturated carbocycles. The highest BCUT2D eigenvalue weighted by Crippen LogP contribution is 2.60. The molecule has 0 saturated heterocycles. The van der Waals surface area contributed by atoms with Crippen molar-refractivity contribution in [1.82, 2.24) is 9.97 Å². The van der Waals surface area contributed by atoms with Crippen molar-refractivity contribution in [2.75, 3.05) is 0 Å². The number of H-pyrrole nitrogens is 1. The summed E-state index contributed by atoms with van der Waals surface area (Å²) in [5, 5.41) is 0.654. The lowest BCUT2D eigenvalue weighted by Gasteiger charge is -2.55. The van der Waals surface area contributed by atoms with Crippen LogP contribution >= 0.6 is 11.3 Å². The minimum Gasteiger partial charge on any atom is -0.454 e. The van der Waals surface area contributed by atoms with E-state index < -0.39 is 6.10 Å². The maximum atomic E-state index is 13.1. The highest BCUT2D eigenvalue weighted by atomic mass is 32.1. The van der Waals surface area contributed by atoms with Gasteiger partial charge in [-0.15, -0.1) is 11.3 Å². The van der Waals surface area contributed by atoms with Gasteiger partial charge in [0.1, 0.15) is 4.83 Å². The van der Waals surface area contributed by atoms with Crippen molar-refractivity contribution in [3.63, 3.8) is 0 Å². The predicted molar refractivity (Wildman–Crippen MR) is 105 cm³/mol. The molecule has 0 radical (unpaired) electrons. The van der Waals surface area contributed by atoms with Crippen LogP contribution in [0.4, 0.5) is 0 Å². The quantitative estimate of drug-likeness (QED) is 0.793. The number of fused-ring (bicyclic) bond motifs is 1. The van der Waals surface area contributed by atoms with E-state index in [4.69, 9.17) is 4.74 Å². The van der Waals surface area contributed by atoms with Crippen LogP contribution in [0.5, 0.6) is 0 Å². The van der Waals surface area contributed by atoms with Gasteiger partial charge in [0.05, 0.1) is 10.8 Å². The van der Waals surface area contributed by atoms with Gasteiger partial charge in [-0.05, 0) is 82.6 Å². The minimum absolute atomic E-state index is 0.0737. The van der Waals surface area contributed by atoms with E-state index in [0.717, 1.165) is 34.5 Å². The molecule has 27 heavy (non-hydrogen) atoms. The molecule has 4 aliphatic carbocycles. The first-order valence-electron chi connectivity index (χ1n) is 10.1. The minimum atomic E-state index is -0.537. The van der Waals surface area contributed by atoms with Crippen molar-refractivity contribution >= 4 is 27.5 Å². The van der Waals surface area contributed by atoms with E-state index in [1.807, 2.05) is 20.8 Å². The second-order valence-electron chi connectivity index (χ2n) is 9.16. The molecule has 6 rings (SSSR count). The number of esters is 1. The summed E-state index contributed by atoms with van der Waals surface area (Å²) in [7, 11) is 0. The van der Waals surface area contributed by atoms with Crippen LogP contribution in [0.25, 0.3) is 10.2 Å². The normalized spacial score (nSPS) is 32.8. The predicted octanol–water partition coefficient (Wildman–Crippen LogP) is 4.42. The van der Waals surface area contributed by atoms with E-state index >= 15 is 0 Å². The van der Waals surface area contributed by atoms with Crippen LogP contribution in [0.3, 0.4) is 0 Å². The molecule has 1 N–H and O–H groups in total. The zero-order valence-corrected chi connectivity index (χ0v) is 16.9. The van der Waals surface area contributed by atoms with Gasteiger partial charge >= 0.3 is 5.97 Å². The molecule has 4 bridgehead atoms. The average Bonchev–Trinajstić information content (AvgIpc) is 2.88. The number of carbonyl (C=O) groups is 1. The van der Waals surface area contributed by atoms with Crippen molar-refractivity contribution in [3.8, 4) is 0 Å². The molecule has 0 spiro atoms. The van der Waals surface area contributed by atoms with E-state index in [0.29, 0.717) is 29.0 Å². The first kappa shape index (κ1) is 17.4. The van der Waals surface area contributed by atoms with Gasteiger partial charge in [0.2, 0.25) is 0 Å². The molecule has 0 aromatic carbocycles. The van der Waals surface area contributed by atoms with Crippen LogP contribution in [-0.4, -0.2) is 15.9 Å². The number of hydrogen-bond donors (Lipinski definition) is 1. The summed E-state index contributed by atoms with van der Waals surface area (Å²) >= 11 is 1.52. The van der Waals surface area contributed by atoms with Gasteiger partial charge in [-0.3, -0.25) is 9.59 Å². The Kier molecular flexibility index (Phi) is 3.81. The number of hydrogen-bond acceptors (Lipinski definition) is 5. The molecule has 4 aliphatic rings.